The summed E-state index contributed by atoms with van der Waals surface area (Å²) in [7, 11) is 4.17. The maximum absolute atomic E-state index is 12.2. The second-order valence-corrected chi connectivity index (χ2v) is 5.09. The van der Waals surface area contributed by atoms with E-state index in [1.54, 1.807) is 0 Å². The van der Waals surface area contributed by atoms with Crippen molar-refractivity contribution in [3.05, 3.63) is 0 Å². The summed E-state index contributed by atoms with van der Waals surface area (Å²) >= 11 is 0. The molecule has 0 unspecified atom stereocenters. The minimum atomic E-state index is -2.15. The van der Waals surface area contributed by atoms with Gasteiger partial charge < -0.3 is 18.9 Å². The molecule has 1 saturated carbocycles. The summed E-state index contributed by atoms with van der Waals surface area (Å²) in [4.78, 5) is 48.9. The number of methoxy groups -OCH3 is 4. The number of esters is 4. The Bertz CT molecular complexity index is 428. The summed E-state index contributed by atoms with van der Waals surface area (Å²) in [5.41, 5.74) is -5.73. The number of rotatable bonds is 4. The Morgan fingerprint density at radius 3 is 0.905 bits per heavy atom. The summed E-state index contributed by atoms with van der Waals surface area (Å²) in [6.45, 7) is 2.79. The number of carbonyl (C=O) groups excluding carboxylic acids is 4. The molecular formula is C13H18O8. The fourth-order valence-electron chi connectivity index (χ4n) is 3.29. The molecule has 0 aliphatic heterocycles. The lowest BCUT2D eigenvalue weighted by Crippen LogP contribution is -2.42. The van der Waals surface area contributed by atoms with E-state index in [4.69, 9.17) is 0 Å². The van der Waals surface area contributed by atoms with Crippen LogP contribution in [0.15, 0.2) is 0 Å². The minimum Gasteiger partial charge on any atom is -0.468 e. The van der Waals surface area contributed by atoms with Crippen LogP contribution in [-0.4, -0.2) is 52.3 Å². The predicted molar refractivity (Wildman–Crippen MR) is 66.7 cm³/mol. The Hall–Kier alpha value is -2.12. The van der Waals surface area contributed by atoms with E-state index in [1.807, 2.05) is 0 Å². The van der Waals surface area contributed by atoms with Gasteiger partial charge in [-0.05, 0) is 0 Å². The van der Waals surface area contributed by atoms with Crippen molar-refractivity contribution in [2.24, 2.45) is 16.2 Å². The van der Waals surface area contributed by atoms with Crippen LogP contribution in [0.25, 0.3) is 0 Å². The third-order valence-electron chi connectivity index (χ3n) is 4.34. The topological polar surface area (TPSA) is 105 Å². The first-order chi connectivity index (χ1) is 9.68. The SMILES string of the molecule is COC(=O)C1(C(=O)OC)C(C)(C)C1(C(=O)OC)C(=O)OC. The van der Waals surface area contributed by atoms with Crippen LogP contribution < -0.4 is 0 Å². The molecule has 21 heavy (non-hydrogen) atoms. The van der Waals surface area contributed by atoms with Gasteiger partial charge in [-0.2, -0.15) is 0 Å². The Labute approximate surface area is 121 Å². The van der Waals surface area contributed by atoms with Crippen molar-refractivity contribution in [2.45, 2.75) is 13.8 Å². The van der Waals surface area contributed by atoms with Crippen LogP contribution in [-0.2, 0) is 38.1 Å². The Kier molecular flexibility index (Phi) is 4.04. The molecule has 1 aliphatic rings. The molecular weight excluding hydrogens is 284 g/mol. The monoisotopic (exact) mass is 302 g/mol. The average Bonchev–Trinajstić information content (AvgIpc) is 2.96. The molecule has 118 valence electrons. The maximum Gasteiger partial charge on any atom is 0.325 e. The molecule has 0 atom stereocenters. The van der Waals surface area contributed by atoms with Gasteiger partial charge in [0.05, 0.1) is 28.4 Å². The second-order valence-electron chi connectivity index (χ2n) is 5.09. The van der Waals surface area contributed by atoms with E-state index in [0.29, 0.717) is 0 Å². The lowest BCUT2D eigenvalue weighted by Gasteiger charge is -2.18. The van der Waals surface area contributed by atoms with Gasteiger partial charge in [-0.15, -0.1) is 0 Å². The molecule has 0 radical (unpaired) electrons. The molecule has 8 nitrogen and oxygen atoms in total. The van der Waals surface area contributed by atoms with Gasteiger partial charge in [0.2, 0.25) is 0 Å². The summed E-state index contributed by atoms with van der Waals surface area (Å²) in [6.07, 6.45) is 0. The van der Waals surface area contributed by atoms with E-state index in [0.717, 1.165) is 28.4 Å². The van der Waals surface area contributed by atoms with Crippen molar-refractivity contribution in [3.8, 4) is 0 Å². The van der Waals surface area contributed by atoms with E-state index in [2.05, 4.69) is 18.9 Å². The molecule has 0 heterocycles. The third kappa shape index (κ3) is 1.50. The normalized spacial score (nSPS) is 19.9. The molecule has 1 fully saturated rings. The van der Waals surface area contributed by atoms with Gasteiger partial charge in [-0.3, -0.25) is 19.2 Å². The van der Waals surface area contributed by atoms with Crippen molar-refractivity contribution in [1.82, 2.24) is 0 Å². The lowest BCUT2D eigenvalue weighted by molar-refractivity contribution is -0.176. The average molecular weight is 302 g/mol. The highest BCUT2D eigenvalue weighted by Crippen LogP contribution is 2.79. The van der Waals surface area contributed by atoms with Crippen LogP contribution in [0, 0.1) is 16.2 Å². The Morgan fingerprint density at radius 2 is 0.762 bits per heavy atom. The molecule has 0 N–H and O–H groups in total. The molecule has 8 heteroatoms. The van der Waals surface area contributed by atoms with Crippen LogP contribution in [0.4, 0.5) is 0 Å². The van der Waals surface area contributed by atoms with Gasteiger partial charge in [0, 0.05) is 5.41 Å². The largest absolute Gasteiger partial charge is 0.468 e. The van der Waals surface area contributed by atoms with Gasteiger partial charge in [0.1, 0.15) is 0 Å². The Morgan fingerprint density at radius 1 is 0.571 bits per heavy atom. The van der Waals surface area contributed by atoms with Crippen molar-refractivity contribution < 1.29 is 38.1 Å². The Balaban J connectivity index is 3.72. The van der Waals surface area contributed by atoms with Crippen molar-refractivity contribution >= 4 is 23.9 Å². The quantitative estimate of drug-likeness (QED) is 0.395. The van der Waals surface area contributed by atoms with E-state index in [-0.39, 0.29) is 0 Å². The van der Waals surface area contributed by atoms with E-state index >= 15 is 0 Å². The van der Waals surface area contributed by atoms with Gasteiger partial charge in [-0.1, -0.05) is 13.8 Å². The number of ether oxygens (including phenoxy) is 4. The highest BCUT2D eigenvalue weighted by atomic mass is 16.6. The molecule has 1 aliphatic carbocycles. The molecule has 0 aromatic carbocycles. The summed E-state index contributed by atoms with van der Waals surface area (Å²) in [6, 6.07) is 0. The highest BCUT2D eigenvalue weighted by molar-refractivity contribution is 6.22. The number of hydrogen-bond acceptors (Lipinski definition) is 8. The van der Waals surface area contributed by atoms with Gasteiger partial charge in [-0.25, -0.2) is 0 Å². The van der Waals surface area contributed by atoms with Gasteiger partial charge in [0.15, 0.2) is 10.8 Å². The van der Waals surface area contributed by atoms with E-state index in [9.17, 15) is 19.2 Å². The van der Waals surface area contributed by atoms with Crippen LogP contribution in [0.1, 0.15) is 13.8 Å². The van der Waals surface area contributed by atoms with Gasteiger partial charge >= 0.3 is 23.9 Å². The summed E-state index contributed by atoms with van der Waals surface area (Å²) < 4.78 is 18.5. The fraction of sp³-hybridized carbons (Fsp3) is 0.692. The molecule has 0 aromatic heterocycles. The first kappa shape index (κ1) is 16.9. The molecule has 0 spiro atoms. The third-order valence-corrected chi connectivity index (χ3v) is 4.34. The zero-order valence-corrected chi connectivity index (χ0v) is 12.8. The van der Waals surface area contributed by atoms with Gasteiger partial charge in [0.25, 0.3) is 0 Å². The number of carbonyl (C=O) groups is 4. The van der Waals surface area contributed by atoms with Crippen LogP contribution in [0.2, 0.25) is 0 Å². The molecule has 0 aromatic rings. The molecule has 0 bridgehead atoms. The van der Waals surface area contributed by atoms with Crippen LogP contribution in [0.5, 0.6) is 0 Å². The predicted octanol–water partition coefficient (Wildman–Crippen LogP) is -0.309. The standard InChI is InChI=1S/C13H18O8/c1-11(2)12(7(14)18-3,8(15)19-4)13(11,9(16)20-5)10(17)21-6/h1-6H3. The molecule has 1 rings (SSSR count). The second kappa shape index (κ2) is 5.01. The van der Waals surface area contributed by atoms with E-state index in [1.165, 1.54) is 13.8 Å². The minimum absolute atomic E-state index is 1.04. The lowest BCUT2D eigenvalue weighted by atomic mass is 9.92. The first-order valence-corrected chi connectivity index (χ1v) is 6.02. The van der Waals surface area contributed by atoms with Crippen molar-refractivity contribution in [3.63, 3.8) is 0 Å². The summed E-state index contributed by atoms with van der Waals surface area (Å²) in [5, 5.41) is 0. The zero-order valence-electron chi connectivity index (χ0n) is 12.8. The molecule has 0 saturated heterocycles. The van der Waals surface area contributed by atoms with Crippen molar-refractivity contribution in [2.75, 3.05) is 28.4 Å². The van der Waals surface area contributed by atoms with Crippen molar-refractivity contribution in [1.29, 1.82) is 0 Å². The number of hydrogen-bond donors (Lipinski definition) is 0. The fourth-order valence-corrected chi connectivity index (χ4v) is 3.29. The maximum atomic E-state index is 12.2. The van der Waals surface area contributed by atoms with Crippen LogP contribution >= 0.6 is 0 Å². The van der Waals surface area contributed by atoms with Crippen LogP contribution in [0.3, 0.4) is 0 Å². The smallest absolute Gasteiger partial charge is 0.325 e. The highest BCUT2D eigenvalue weighted by Gasteiger charge is 2.99. The summed E-state index contributed by atoms with van der Waals surface area (Å²) in [5.74, 6) is -4.24. The zero-order chi connectivity index (χ0) is 16.6. The molecule has 0 amide bonds. The first-order valence-electron chi connectivity index (χ1n) is 6.02. The van der Waals surface area contributed by atoms with E-state index < -0.39 is 40.1 Å².